The third kappa shape index (κ3) is 3.48. The van der Waals surface area contributed by atoms with Crippen LogP contribution in [0.25, 0.3) is 0 Å². The Hall–Kier alpha value is -1.04. The predicted molar refractivity (Wildman–Crippen MR) is 72.8 cm³/mol. The number of amides is 1. The van der Waals surface area contributed by atoms with Crippen molar-refractivity contribution in [2.75, 3.05) is 0 Å². The van der Waals surface area contributed by atoms with Gasteiger partial charge < -0.3 is 5.32 Å². The molecule has 1 saturated carbocycles. The van der Waals surface area contributed by atoms with Crippen LogP contribution in [0.4, 0.5) is 0 Å². The van der Waals surface area contributed by atoms with Crippen molar-refractivity contribution in [3.05, 3.63) is 0 Å². The van der Waals surface area contributed by atoms with Crippen molar-refractivity contribution in [3.8, 4) is 6.07 Å². The zero-order valence-corrected chi connectivity index (χ0v) is 12.2. The Morgan fingerprint density at radius 1 is 1.22 bits per heavy atom. The van der Waals surface area contributed by atoms with Gasteiger partial charge in [-0.1, -0.05) is 46.5 Å². The van der Waals surface area contributed by atoms with Crippen LogP contribution in [0, 0.1) is 22.2 Å². The second kappa shape index (κ2) is 5.73. The molecule has 0 bridgehead atoms. The van der Waals surface area contributed by atoms with Gasteiger partial charge in [0.25, 0.3) is 0 Å². The largest absolute Gasteiger partial charge is 0.352 e. The van der Waals surface area contributed by atoms with E-state index >= 15 is 0 Å². The highest BCUT2D eigenvalue weighted by molar-refractivity contribution is 5.85. The number of hydrogen-bond donors (Lipinski definition) is 1. The lowest BCUT2D eigenvalue weighted by Gasteiger charge is -2.32. The van der Waals surface area contributed by atoms with Crippen LogP contribution in [0.1, 0.15) is 66.2 Å². The molecule has 102 valence electrons. The first-order valence-corrected chi connectivity index (χ1v) is 7.04. The molecular weight excluding hydrogens is 224 g/mol. The zero-order valence-electron chi connectivity index (χ0n) is 12.2. The summed E-state index contributed by atoms with van der Waals surface area (Å²) in [7, 11) is 0. The molecule has 3 heteroatoms. The molecule has 0 saturated heterocycles. The van der Waals surface area contributed by atoms with E-state index < -0.39 is 5.41 Å². The fourth-order valence-electron chi connectivity index (χ4n) is 2.27. The van der Waals surface area contributed by atoms with E-state index in [1.165, 1.54) is 0 Å². The molecule has 0 aromatic carbocycles. The number of rotatable bonds is 2. The summed E-state index contributed by atoms with van der Waals surface area (Å²) in [5, 5.41) is 12.5. The summed E-state index contributed by atoms with van der Waals surface area (Å²) in [6, 6.07) is 2.38. The summed E-state index contributed by atoms with van der Waals surface area (Å²) < 4.78 is 0. The number of nitrogens with zero attached hydrogens (tertiary/aromatic N) is 1. The lowest BCUT2D eigenvalue weighted by molar-refractivity contribution is -0.130. The normalized spacial score (nSPS) is 21.5. The summed E-state index contributed by atoms with van der Waals surface area (Å²) in [5.41, 5.74) is -0.757. The van der Waals surface area contributed by atoms with Gasteiger partial charge in [-0.05, 0) is 25.2 Å². The van der Waals surface area contributed by atoms with Crippen LogP contribution >= 0.6 is 0 Å². The molecular formula is C15H26N2O. The minimum atomic E-state index is -0.782. The Balaban J connectivity index is 2.76. The highest BCUT2D eigenvalue weighted by Crippen LogP contribution is 2.35. The highest BCUT2D eigenvalue weighted by Gasteiger charge is 2.40. The Kier molecular flexibility index (Phi) is 4.78. The molecule has 1 N–H and O–H groups in total. The van der Waals surface area contributed by atoms with Crippen molar-refractivity contribution in [3.63, 3.8) is 0 Å². The molecule has 1 aliphatic carbocycles. The Bertz CT molecular complexity index is 327. The van der Waals surface area contributed by atoms with Gasteiger partial charge in [0, 0.05) is 6.04 Å². The minimum Gasteiger partial charge on any atom is -0.352 e. The summed E-state index contributed by atoms with van der Waals surface area (Å²) >= 11 is 0. The van der Waals surface area contributed by atoms with Gasteiger partial charge in [0.2, 0.25) is 5.91 Å². The van der Waals surface area contributed by atoms with Gasteiger partial charge in [0.05, 0.1) is 6.07 Å². The molecule has 0 aromatic rings. The van der Waals surface area contributed by atoms with Crippen molar-refractivity contribution < 1.29 is 4.79 Å². The molecule has 18 heavy (non-hydrogen) atoms. The highest BCUT2D eigenvalue weighted by atomic mass is 16.2. The third-order valence-electron chi connectivity index (χ3n) is 4.25. The molecule has 0 aromatic heterocycles. The maximum Gasteiger partial charge on any atom is 0.240 e. The van der Waals surface area contributed by atoms with Crippen LogP contribution in [0.15, 0.2) is 0 Å². The quantitative estimate of drug-likeness (QED) is 0.764. The fourth-order valence-corrected chi connectivity index (χ4v) is 2.27. The molecule has 1 fully saturated rings. The van der Waals surface area contributed by atoms with E-state index in [4.69, 9.17) is 0 Å². The zero-order chi connectivity index (χ0) is 13.8. The average molecular weight is 250 g/mol. The van der Waals surface area contributed by atoms with Crippen LogP contribution in [0.5, 0.6) is 0 Å². The summed E-state index contributed by atoms with van der Waals surface area (Å²) in [6.07, 6.45) is 5.70. The first-order valence-electron chi connectivity index (χ1n) is 7.04. The van der Waals surface area contributed by atoms with E-state index in [-0.39, 0.29) is 17.4 Å². The van der Waals surface area contributed by atoms with E-state index in [0.717, 1.165) is 25.7 Å². The smallest absolute Gasteiger partial charge is 0.240 e. The molecule has 1 amide bonds. The number of nitrogens with one attached hydrogen (secondary N) is 1. The van der Waals surface area contributed by atoms with Crippen molar-refractivity contribution in [1.29, 1.82) is 5.26 Å². The maximum absolute atomic E-state index is 12.4. The maximum atomic E-state index is 12.4. The van der Waals surface area contributed by atoms with E-state index in [1.807, 2.05) is 6.92 Å². The minimum absolute atomic E-state index is 0.0248. The fraction of sp³-hybridized carbons (Fsp3) is 0.867. The van der Waals surface area contributed by atoms with Crippen molar-refractivity contribution in [1.82, 2.24) is 5.32 Å². The molecule has 1 aliphatic rings. The van der Waals surface area contributed by atoms with Gasteiger partial charge in [0.15, 0.2) is 0 Å². The molecule has 0 aliphatic heterocycles. The monoisotopic (exact) mass is 250 g/mol. The number of carbonyl (C=O) groups excluding carboxylic acids is 1. The predicted octanol–water partition coefficient (Wildman–Crippen LogP) is 3.40. The van der Waals surface area contributed by atoms with E-state index in [2.05, 4.69) is 32.2 Å². The first kappa shape index (κ1) is 15.0. The Morgan fingerprint density at radius 3 is 2.11 bits per heavy atom. The summed E-state index contributed by atoms with van der Waals surface area (Å²) in [4.78, 5) is 12.4. The van der Waals surface area contributed by atoms with Crippen molar-refractivity contribution in [2.24, 2.45) is 10.8 Å². The molecule has 1 unspecified atom stereocenters. The second-order valence-corrected chi connectivity index (χ2v) is 6.67. The van der Waals surface area contributed by atoms with Gasteiger partial charge >= 0.3 is 0 Å². The average Bonchev–Trinajstić information content (AvgIpc) is 2.53. The van der Waals surface area contributed by atoms with E-state index in [1.54, 1.807) is 0 Å². The van der Waals surface area contributed by atoms with Crippen LogP contribution in [-0.4, -0.2) is 11.9 Å². The van der Waals surface area contributed by atoms with Crippen LogP contribution < -0.4 is 5.32 Å². The van der Waals surface area contributed by atoms with Crippen molar-refractivity contribution >= 4 is 5.91 Å². The lowest BCUT2D eigenvalue weighted by Crippen LogP contribution is -2.48. The van der Waals surface area contributed by atoms with E-state index in [9.17, 15) is 10.1 Å². The molecule has 1 atom stereocenters. The molecule has 1 rings (SSSR count). The van der Waals surface area contributed by atoms with Gasteiger partial charge in [-0.15, -0.1) is 0 Å². The first-order chi connectivity index (χ1) is 8.32. The standard InChI is InChI=1S/C15H26N2O/c1-12(14(2,3)4)17-13(18)15(11-16)9-7-5-6-8-10-15/h12H,5-10H2,1-4H3,(H,17,18). The van der Waals surface area contributed by atoms with Crippen LogP contribution in [-0.2, 0) is 4.79 Å². The second-order valence-electron chi connectivity index (χ2n) is 6.67. The summed E-state index contributed by atoms with van der Waals surface area (Å²) in [5.74, 6) is -0.0608. The van der Waals surface area contributed by atoms with Gasteiger partial charge in [-0.25, -0.2) is 0 Å². The molecule has 0 radical (unpaired) electrons. The number of nitriles is 1. The number of carbonyl (C=O) groups is 1. The molecule has 3 nitrogen and oxygen atoms in total. The van der Waals surface area contributed by atoms with Crippen LogP contribution in [0.2, 0.25) is 0 Å². The topological polar surface area (TPSA) is 52.9 Å². The van der Waals surface area contributed by atoms with Crippen LogP contribution in [0.3, 0.4) is 0 Å². The lowest BCUT2D eigenvalue weighted by atomic mass is 9.79. The Morgan fingerprint density at radius 2 is 1.72 bits per heavy atom. The van der Waals surface area contributed by atoms with Crippen molar-refractivity contribution in [2.45, 2.75) is 72.3 Å². The van der Waals surface area contributed by atoms with Gasteiger partial charge in [0.1, 0.15) is 5.41 Å². The third-order valence-corrected chi connectivity index (χ3v) is 4.25. The van der Waals surface area contributed by atoms with E-state index in [0.29, 0.717) is 12.8 Å². The van der Waals surface area contributed by atoms with Gasteiger partial charge in [-0.3, -0.25) is 4.79 Å². The summed E-state index contributed by atoms with van der Waals surface area (Å²) in [6.45, 7) is 8.32. The number of hydrogen-bond acceptors (Lipinski definition) is 2. The van der Waals surface area contributed by atoms with Gasteiger partial charge in [-0.2, -0.15) is 5.26 Å². The Labute approximate surface area is 111 Å². The molecule has 0 heterocycles. The SMILES string of the molecule is CC(NC(=O)C1(C#N)CCCCCC1)C(C)(C)C. The molecule has 0 spiro atoms.